The van der Waals surface area contributed by atoms with Crippen LogP contribution in [0.3, 0.4) is 0 Å². The average Bonchev–Trinajstić information content (AvgIpc) is 2.47. The lowest BCUT2D eigenvalue weighted by Gasteiger charge is -2.34. The van der Waals surface area contributed by atoms with Crippen molar-refractivity contribution in [2.45, 2.75) is 40.2 Å². The molecule has 21 heavy (non-hydrogen) atoms. The first-order chi connectivity index (χ1) is 9.88. The normalized spacial score (nSPS) is 20.0. The van der Waals surface area contributed by atoms with Crippen molar-refractivity contribution < 1.29 is 0 Å². The molecule has 0 aromatic heterocycles. The molecule has 1 aliphatic rings. The molecule has 1 aromatic rings. The van der Waals surface area contributed by atoms with Gasteiger partial charge < -0.3 is 5.73 Å². The fourth-order valence-corrected chi connectivity index (χ4v) is 3.08. The van der Waals surface area contributed by atoms with Crippen molar-refractivity contribution >= 4 is 0 Å². The summed E-state index contributed by atoms with van der Waals surface area (Å²) in [5.74, 6) is 0.469. The van der Waals surface area contributed by atoms with Crippen molar-refractivity contribution in [1.29, 1.82) is 0 Å². The van der Waals surface area contributed by atoms with Crippen LogP contribution in [0.5, 0.6) is 0 Å². The van der Waals surface area contributed by atoms with Crippen LogP contribution in [0.4, 0.5) is 0 Å². The molecule has 2 unspecified atom stereocenters. The highest BCUT2D eigenvalue weighted by Gasteiger charge is 2.23. The van der Waals surface area contributed by atoms with E-state index in [-0.39, 0.29) is 6.04 Å². The van der Waals surface area contributed by atoms with Gasteiger partial charge >= 0.3 is 0 Å². The average molecular weight is 286 g/mol. The first kappa shape index (κ1) is 16.3. The molecule has 1 heterocycles. The molecule has 2 N–H and O–H groups in total. The Balaban J connectivity index is 1.90. The molecule has 2 rings (SSSR count). The Bertz CT molecular complexity index is 470. The van der Waals surface area contributed by atoms with Crippen molar-refractivity contribution in [1.82, 2.24) is 4.90 Å². The summed E-state index contributed by atoms with van der Waals surface area (Å²) in [6.07, 6.45) is 3.61. The first-order valence-electron chi connectivity index (χ1n) is 8.10. The van der Waals surface area contributed by atoms with E-state index in [0.717, 1.165) is 19.6 Å². The summed E-state index contributed by atoms with van der Waals surface area (Å²) < 4.78 is 0. The Morgan fingerprint density at radius 1 is 1.19 bits per heavy atom. The fourth-order valence-electron chi connectivity index (χ4n) is 3.08. The molecule has 116 valence electrons. The standard InChI is InChI=1S/C19H30N2/c1-15(18(20)16-8-6-5-7-9-16)14-21-12-10-17(11-13-21)19(2,3)4/h5-10,15,18H,11-14,20H2,1-4H3. The van der Waals surface area contributed by atoms with Gasteiger partial charge in [-0.15, -0.1) is 0 Å². The van der Waals surface area contributed by atoms with Gasteiger partial charge in [-0.2, -0.15) is 0 Å². The van der Waals surface area contributed by atoms with Gasteiger partial charge in [-0.1, -0.05) is 69.7 Å². The maximum absolute atomic E-state index is 6.41. The predicted octanol–water partition coefficient (Wildman–Crippen LogP) is 4.00. The highest BCUT2D eigenvalue weighted by Crippen LogP contribution is 2.30. The van der Waals surface area contributed by atoms with Crippen LogP contribution < -0.4 is 5.73 Å². The Morgan fingerprint density at radius 3 is 2.38 bits per heavy atom. The first-order valence-corrected chi connectivity index (χ1v) is 8.10. The summed E-state index contributed by atoms with van der Waals surface area (Å²) in [6, 6.07) is 10.6. The summed E-state index contributed by atoms with van der Waals surface area (Å²) in [5.41, 5.74) is 9.57. The van der Waals surface area contributed by atoms with Gasteiger partial charge in [0.25, 0.3) is 0 Å². The minimum atomic E-state index is 0.124. The van der Waals surface area contributed by atoms with Gasteiger partial charge in [-0.3, -0.25) is 4.90 Å². The number of hydrogen-bond acceptors (Lipinski definition) is 2. The van der Waals surface area contributed by atoms with E-state index in [2.05, 4.69) is 62.9 Å². The van der Waals surface area contributed by atoms with Crippen molar-refractivity contribution in [2.75, 3.05) is 19.6 Å². The SMILES string of the molecule is CC(CN1CC=C(C(C)(C)C)CC1)C(N)c1ccccc1. The molecule has 2 heteroatoms. The molecule has 0 bridgehead atoms. The summed E-state index contributed by atoms with van der Waals surface area (Å²) in [7, 11) is 0. The second-order valence-electron chi connectivity index (χ2n) is 7.40. The third-order valence-electron chi connectivity index (χ3n) is 4.60. The van der Waals surface area contributed by atoms with Crippen molar-refractivity contribution in [3.63, 3.8) is 0 Å². The number of hydrogen-bond donors (Lipinski definition) is 1. The summed E-state index contributed by atoms with van der Waals surface area (Å²) >= 11 is 0. The van der Waals surface area contributed by atoms with Gasteiger partial charge in [0.1, 0.15) is 0 Å². The number of nitrogens with two attached hydrogens (primary N) is 1. The summed E-state index contributed by atoms with van der Waals surface area (Å²) in [6.45, 7) is 12.5. The van der Waals surface area contributed by atoms with Gasteiger partial charge in [0, 0.05) is 25.7 Å². The maximum atomic E-state index is 6.41. The van der Waals surface area contributed by atoms with Crippen molar-refractivity contribution in [2.24, 2.45) is 17.1 Å². The second-order valence-corrected chi connectivity index (χ2v) is 7.40. The number of benzene rings is 1. The molecule has 1 aliphatic heterocycles. The third-order valence-corrected chi connectivity index (χ3v) is 4.60. The van der Waals surface area contributed by atoms with Crippen LogP contribution in [-0.2, 0) is 0 Å². The fraction of sp³-hybridized carbons (Fsp3) is 0.579. The van der Waals surface area contributed by atoms with Gasteiger partial charge in [0.15, 0.2) is 0 Å². The Morgan fingerprint density at radius 2 is 1.86 bits per heavy atom. The van der Waals surface area contributed by atoms with Crippen LogP contribution in [-0.4, -0.2) is 24.5 Å². The van der Waals surface area contributed by atoms with Gasteiger partial charge in [0.2, 0.25) is 0 Å². The molecule has 2 atom stereocenters. The molecule has 0 fully saturated rings. The Kier molecular flexibility index (Phi) is 5.23. The van der Waals surface area contributed by atoms with Gasteiger partial charge in [-0.25, -0.2) is 0 Å². The van der Waals surface area contributed by atoms with Crippen LogP contribution in [0.25, 0.3) is 0 Å². The molecular formula is C19H30N2. The van der Waals surface area contributed by atoms with Crippen LogP contribution >= 0.6 is 0 Å². The molecule has 0 spiro atoms. The van der Waals surface area contributed by atoms with Crippen molar-refractivity contribution in [3.8, 4) is 0 Å². The zero-order valence-electron chi connectivity index (χ0n) is 14.0. The molecule has 0 amide bonds. The monoisotopic (exact) mass is 286 g/mol. The van der Waals surface area contributed by atoms with Gasteiger partial charge in [0.05, 0.1) is 0 Å². The molecule has 0 saturated heterocycles. The lowest BCUT2D eigenvalue weighted by molar-refractivity contribution is 0.228. The largest absolute Gasteiger partial charge is 0.324 e. The van der Waals surface area contributed by atoms with Crippen LogP contribution in [0.1, 0.15) is 45.7 Å². The zero-order valence-corrected chi connectivity index (χ0v) is 14.0. The van der Waals surface area contributed by atoms with E-state index in [1.165, 1.54) is 12.0 Å². The smallest absolute Gasteiger partial charge is 0.0333 e. The molecule has 0 saturated carbocycles. The zero-order chi connectivity index (χ0) is 15.5. The van der Waals surface area contributed by atoms with Crippen LogP contribution in [0.15, 0.2) is 42.0 Å². The quantitative estimate of drug-likeness (QED) is 0.848. The van der Waals surface area contributed by atoms with E-state index in [4.69, 9.17) is 5.73 Å². The highest BCUT2D eigenvalue weighted by atomic mass is 15.1. The predicted molar refractivity (Wildman–Crippen MR) is 91.1 cm³/mol. The summed E-state index contributed by atoms with van der Waals surface area (Å²) in [5, 5.41) is 0. The molecule has 0 aliphatic carbocycles. The van der Waals surface area contributed by atoms with E-state index in [9.17, 15) is 0 Å². The van der Waals surface area contributed by atoms with E-state index in [1.807, 2.05) is 6.07 Å². The molecule has 1 aromatic carbocycles. The molecule has 0 radical (unpaired) electrons. The number of nitrogens with zero attached hydrogens (tertiary/aromatic N) is 1. The minimum absolute atomic E-state index is 0.124. The van der Waals surface area contributed by atoms with E-state index in [1.54, 1.807) is 5.57 Å². The Hall–Kier alpha value is -1.12. The van der Waals surface area contributed by atoms with E-state index in [0.29, 0.717) is 11.3 Å². The highest BCUT2D eigenvalue weighted by molar-refractivity contribution is 5.19. The minimum Gasteiger partial charge on any atom is -0.324 e. The van der Waals surface area contributed by atoms with Crippen LogP contribution in [0.2, 0.25) is 0 Å². The van der Waals surface area contributed by atoms with Crippen molar-refractivity contribution in [3.05, 3.63) is 47.5 Å². The maximum Gasteiger partial charge on any atom is 0.0333 e. The number of rotatable bonds is 4. The van der Waals surface area contributed by atoms with E-state index >= 15 is 0 Å². The third kappa shape index (κ3) is 4.42. The second kappa shape index (κ2) is 6.76. The molecular weight excluding hydrogens is 256 g/mol. The summed E-state index contributed by atoms with van der Waals surface area (Å²) in [4.78, 5) is 2.53. The molecule has 2 nitrogen and oxygen atoms in total. The van der Waals surface area contributed by atoms with E-state index < -0.39 is 0 Å². The lowest BCUT2D eigenvalue weighted by Crippen LogP contribution is -2.37. The lowest BCUT2D eigenvalue weighted by atomic mass is 9.82. The van der Waals surface area contributed by atoms with Crippen LogP contribution in [0, 0.1) is 11.3 Å². The van der Waals surface area contributed by atoms with Gasteiger partial charge in [-0.05, 0) is 23.3 Å². The topological polar surface area (TPSA) is 29.3 Å². The Labute approximate surface area is 130 Å².